The molecular weight excluding hydrogens is 350 g/mol. The van der Waals surface area contributed by atoms with Gasteiger partial charge in [-0.3, -0.25) is 0 Å². The van der Waals surface area contributed by atoms with E-state index >= 15 is 0 Å². The fraction of sp³-hybridized carbons (Fsp3) is 0.200. The fourth-order valence-electron chi connectivity index (χ4n) is 2.36. The molecule has 0 bridgehead atoms. The molecule has 0 aliphatic rings. The molecule has 0 saturated carbocycles. The molecule has 2 N–H and O–H groups in total. The van der Waals surface area contributed by atoms with Crippen LogP contribution < -0.4 is 5.73 Å². The quantitative estimate of drug-likeness (QED) is 0.657. The summed E-state index contributed by atoms with van der Waals surface area (Å²) in [6, 6.07) is 6.88. The molecule has 0 unspecified atom stereocenters. The smallest absolute Gasteiger partial charge is 0.383 e. The number of halogens is 6. The number of aromatic nitrogens is 3. The number of hydrogen-bond acceptors (Lipinski definition) is 3. The first-order valence-corrected chi connectivity index (χ1v) is 6.89. The lowest BCUT2D eigenvalue weighted by atomic mass is 10.2. The second kappa shape index (κ2) is 5.36. The van der Waals surface area contributed by atoms with Crippen LogP contribution in [0.1, 0.15) is 17.0 Å². The molecule has 2 heterocycles. The van der Waals surface area contributed by atoms with Crippen molar-refractivity contribution in [3.63, 3.8) is 0 Å². The second-order valence-corrected chi connectivity index (χ2v) is 5.38. The lowest BCUT2D eigenvalue weighted by Gasteiger charge is -2.11. The largest absolute Gasteiger partial charge is 0.434 e. The van der Waals surface area contributed by atoms with Crippen molar-refractivity contribution in [3.05, 3.63) is 47.3 Å². The Morgan fingerprint density at radius 1 is 0.960 bits per heavy atom. The Balaban J connectivity index is 2.34. The Morgan fingerprint density at radius 3 is 2.08 bits per heavy atom. The van der Waals surface area contributed by atoms with Gasteiger partial charge >= 0.3 is 12.4 Å². The third kappa shape index (κ3) is 2.99. The molecule has 0 aliphatic heterocycles. The van der Waals surface area contributed by atoms with Crippen molar-refractivity contribution in [2.75, 3.05) is 5.73 Å². The normalized spacial score (nSPS) is 12.8. The Hall–Kier alpha value is -2.78. The summed E-state index contributed by atoms with van der Waals surface area (Å²) >= 11 is 0. The zero-order chi connectivity index (χ0) is 18.6. The molecule has 25 heavy (non-hydrogen) atoms. The molecule has 0 saturated heterocycles. The molecule has 0 radical (unpaired) electrons. The molecule has 3 rings (SSSR count). The SMILES string of the molecule is Cc1ccc(-n2nc3cc(C(F)(F)F)nc(C(F)(F)F)c3c2N)cc1. The Morgan fingerprint density at radius 2 is 1.56 bits per heavy atom. The monoisotopic (exact) mass is 360 g/mol. The number of anilines is 1. The van der Waals surface area contributed by atoms with Crippen LogP contribution in [0.3, 0.4) is 0 Å². The zero-order valence-electron chi connectivity index (χ0n) is 12.6. The molecule has 132 valence electrons. The summed E-state index contributed by atoms with van der Waals surface area (Å²) in [5.74, 6) is -0.438. The van der Waals surface area contributed by atoms with Crippen LogP contribution >= 0.6 is 0 Å². The molecular formula is C15H10F6N4. The average molecular weight is 360 g/mol. The predicted octanol–water partition coefficient (Wildman–Crippen LogP) is 4.35. The number of rotatable bonds is 1. The molecule has 0 fully saturated rings. The van der Waals surface area contributed by atoms with Gasteiger partial charge in [-0.1, -0.05) is 17.7 Å². The van der Waals surface area contributed by atoms with Crippen LogP contribution in [0.5, 0.6) is 0 Å². The highest BCUT2D eigenvalue weighted by Gasteiger charge is 2.41. The van der Waals surface area contributed by atoms with Gasteiger partial charge in [0.25, 0.3) is 0 Å². The summed E-state index contributed by atoms with van der Waals surface area (Å²) in [6.07, 6.45) is -10.2. The minimum atomic E-state index is -5.12. The molecule has 2 aromatic heterocycles. The van der Waals surface area contributed by atoms with Gasteiger partial charge in [0, 0.05) is 0 Å². The Labute approximate surface area is 136 Å². The van der Waals surface area contributed by atoms with Gasteiger partial charge in [0.15, 0.2) is 5.69 Å². The van der Waals surface area contributed by atoms with E-state index in [2.05, 4.69) is 10.1 Å². The van der Waals surface area contributed by atoms with Crippen molar-refractivity contribution in [3.8, 4) is 5.69 Å². The average Bonchev–Trinajstić information content (AvgIpc) is 2.82. The van der Waals surface area contributed by atoms with Gasteiger partial charge in [-0.2, -0.15) is 31.4 Å². The van der Waals surface area contributed by atoms with E-state index in [-0.39, 0.29) is 0 Å². The highest BCUT2D eigenvalue weighted by Crippen LogP contribution is 2.39. The minimum absolute atomic E-state index is 0.320. The van der Waals surface area contributed by atoms with Gasteiger partial charge in [0.1, 0.15) is 11.5 Å². The van der Waals surface area contributed by atoms with E-state index in [9.17, 15) is 26.3 Å². The fourth-order valence-corrected chi connectivity index (χ4v) is 2.36. The summed E-state index contributed by atoms with van der Waals surface area (Å²) in [5.41, 5.74) is 3.02. The highest BCUT2D eigenvalue weighted by molar-refractivity contribution is 5.92. The van der Waals surface area contributed by atoms with Crippen molar-refractivity contribution in [2.24, 2.45) is 0 Å². The summed E-state index contributed by atoms with van der Waals surface area (Å²) in [6.45, 7) is 1.80. The number of benzene rings is 1. The number of fused-ring (bicyclic) bond motifs is 1. The molecule has 1 aromatic carbocycles. The van der Waals surface area contributed by atoms with Crippen LogP contribution in [0.15, 0.2) is 30.3 Å². The third-order valence-electron chi connectivity index (χ3n) is 3.53. The van der Waals surface area contributed by atoms with E-state index in [4.69, 9.17) is 5.73 Å². The topological polar surface area (TPSA) is 56.7 Å². The van der Waals surface area contributed by atoms with Gasteiger partial charge in [0.2, 0.25) is 0 Å². The molecule has 0 atom stereocenters. The number of nitrogens with zero attached hydrogens (tertiary/aromatic N) is 3. The van der Waals surface area contributed by atoms with Crippen molar-refractivity contribution in [2.45, 2.75) is 19.3 Å². The summed E-state index contributed by atoms with van der Waals surface area (Å²) in [7, 11) is 0. The predicted molar refractivity (Wildman–Crippen MR) is 78.0 cm³/mol. The molecule has 0 aliphatic carbocycles. The Bertz CT molecular complexity index is 938. The highest BCUT2D eigenvalue weighted by atomic mass is 19.4. The Kier molecular flexibility index (Phi) is 3.66. The number of alkyl halides is 6. The maximum Gasteiger partial charge on any atom is 0.434 e. The molecule has 3 aromatic rings. The molecule has 4 nitrogen and oxygen atoms in total. The standard InChI is InChI=1S/C15H10F6N4/c1-7-2-4-8(5-3-7)25-13(22)11-9(24-25)6-10(14(16,17)18)23-12(11)15(19,20)21/h2-6H,22H2,1H3. The molecule has 0 spiro atoms. The van der Waals surface area contributed by atoms with Crippen LogP contribution in [0.2, 0.25) is 0 Å². The van der Waals surface area contributed by atoms with Crippen LogP contribution in [0, 0.1) is 6.92 Å². The number of pyridine rings is 1. The summed E-state index contributed by atoms with van der Waals surface area (Å²) in [4.78, 5) is 2.74. The maximum atomic E-state index is 13.2. The number of aryl methyl sites for hydroxylation is 1. The van der Waals surface area contributed by atoms with Crippen molar-refractivity contribution < 1.29 is 26.3 Å². The lowest BCUT2D eigenvalue weighted by Crippen LogP contribution is -2.15. The number of hydrogen-bond donors (Lipinski definition) is 1. The van der Waals surface area contributed by atoms with Crippen molar-refractivity contribution in [1.82, 2.24) is 14.8 Å². The van der Waals surface area contributed by atoms with Gasteiger partial charge in [-0.25, -0.2) is 9.67 Å². The van der Waals surface area contributed by atoms with E-state index in [0.717, 1.165) is 10.2 Å². The van der Waals surface area contributed by atoms with Crippen LogP contribution in [0.4, 0.5) is 32.2 Å². The summed E-state index contributed by atoms with van der Waals surface area (Å²) in [5, 5.41) is 3.15. The molecule has 0 amide bonds. The van der Waals surface area contributed by atoms with Gasteiger partial charge in [-0.15, -0.1) is 0 Å². The van der Waals surface area contributed by atoms with E-state index in [0.29, 0.717) is 11.8 Å². The van der Waals surface area contributed by atoms with Crippen LogP contribution in [-0.2, 0) is 12.4 Å². The second-order valence-electron chi connectivity index (χ2n) is 5.38. The number of nitrogen functional groups attached to an aromatic ring is 1. The summed E-state index contributed by atoms with van der Waals surface area (Å²) < 4.78 is 79.2. The van der Waals surface area contributed by atoms with Gasteiger partial charge < -0.3 is 5.73 Å². The van der Waals surface area contributed by atoms with Crippen molar-refractivity contribution in [1.29, 1.82) is 0 Å². The number of nitrogens with two attached hydrogens (primary N) is 1. The zero-order valence-corrected chi connectivity index (χ0v) is 12.6. The van der Waals surface area contributed by atoms with Crippen LogP contribution in [0.25, 0.3) is 16.6 Å². The van der Waals surface area contributed by atoms with Gasteiger partial charge in [-0.05, 0) is 25.1 Å². The first-order chi connectivity index (χ1) is 11.5. The third-order valence-corrected chi connectivity index (χ3v) is 3.53. The lowest BCUT2D eigenvalue weighted by molar-refractivity contribution is -0.149. The molecule has 10 heteroatoms. The van der Waals surface area contributed by atoms with E-state index in [1.54, 1.807) is 31.2 Å². The van der Waals surface area contributed by atoms with Crippen LogP contribution in [-0.4, -0.2) is 14.8 Å². The van der Waals surface area contributed by atoms with E-state index in [1.165, 1.54) is 0 Å². The van der Waals surface area contributed by atoms with Gasteiger partial charge in [0.05, 0.1) is 16.6 Å². The first kappa shape index (κ1) is 17.1. The first-order valence-electron chi connectivity index (χ1n) is 6.89. The van der Waals surface area contributed by atoms with E-state index < -0.39 is 40.5 Å². The maximum absolute atomic E-state index is 13.2. The van der Waals surface area contributed by atoms with Crippen molar-refractivity contribution >= 4 is 16.7 Å². The van der Waals surface area contributed by atoms with E-state index in [1.807, 2.05) is 0 Å². The minimum Gasteiger partial charge on any atom is -0.383 e.